The summed E-state index contributed by atoms with van der Waals surface area (Å²) in [5, 5.41) is 5.90. The number of aromatic amines is 1. The Hall–Kier alpha value is -3.02. The first-order chi connectivity index (χ1) is 12.6. The topological polar surface area (TPSA) is 79.0 Å². The van der Waals surface area contributed by atoms with Crippen LogP contribution in [0.1, 0.15) is 32.1 Å². The SMILES string of the molecule is CC[C@H](C)[C@H](NC(=O)Nc1cccc(OC)c1)c1nc2ccccc2[nH]1. The molecule has 26 heavy (non-hydrogen) atoms. The second-order valence-corrected chi connectivity index (χ2v) is 6.33. The predicted molar refractivity (Wildman–Crippen MR) is 103 cm³/mol. The number of fused-ring (bicyclic) bond motifs is 1. The highest BCUT2D eigenvalue weighted by Gasteiger charge is 2.23. The summed E-state index contributed by atoms with van der Waals surface area (Å²) in [5.41, 5.74) is 2.53. The molecule has 1 heterocycles. The fourth-order valence-electron chi connectivity index (χ4n) is 2.84. The van der Waals surface area contributed by atoms with Gasteiger partial charge in [0, 0.05) is 11.8 Å². The molecular formula is C20H24N4O2. The van der Waals surface area contributed by atoms with E-state index in [2.05, 4.69) is 34.4 Å². The van der Waals surface area contributed by atoms with Crippen LogP contribution in [0.4, 0.5) is 10.5 Å². The van der Waals surface area contributed by atoms with E-state index in [1.54, 1.807) is 13.2 Å². The summed E-state index contributed by atoms with van der Waals surface area (Å²) in [7, 11) is 1.60. The number of carbonyl (C=O) groups is 1. The van der Waals surface area contributed by atoms with Crippen LogP contribution < -0.4 is 15.4 Å². The molecule has 6 nitrogen and oxygen atoms in total. The van der Waals surface area contributed by atoms with E-state index in [0.717, 1.165) is 23.3 Å². The standard InChI is InChI=1S/C20H24N4O2/c1-4-13(2)18(19-22-16-10-5-6-11-17(16)23-19)24-20(25)21-14-8-7-9-15(12-14)26-3/h5-13,18H,4H2,1-3H3,(H,22,23)(H2,21,24,25)/t13-,18-/m0/s1. The Kier molecular flexibility index (Phi) is 5.41. The van der Waals surface area contributed by atoms with Crippen molar-refractivity contribution in [3.63, 3.8) is 0 Å². The summed E-state index contributed by atoms with van der Waals surface area (Å²) in [6.07, 6.45) is 0.918. The van der Waals surface area contributed by atoms with Crippen molar-refractivity contribution in [2.24, 2.45) is 5.92 Å². The van der Waals surface area contributed by atoms with Crippen LogP contribution in [0, 0.1) is 5.92 Å². The molecule has 0 fully saturated rings. The lowest BCUT2D eigenvalue weighted by Crippen LogP contribution is -2.36. The first kappa shape index (κ1) is 17.8. The largest absolute Gasteiger partial charge is 0.497 e. The Morgan fingerprint density at radius 1 is 1.23 bits per heavy atom. The summed E-state index contributed by atoms with van der Waals surface area (Å²) in [6.45, 7) is 4.20. The third-order valence-electron chi connectivity index (χ3n) is 4.53. The Morgan fingerprint density at radius 2 is 2.04 bits per heavy atom. The smallest absolute Gasteiger partial charge is 0.319 e. The fraction of sp³-hybridized carbons (Fsp3) is 0.300. The molecule has 3 aromatic rings. The first-order valence-electron chi connectivity index (χ1n) is 8.77. The van der Waals surface area contributed by atoms with E-state index in [1.165, 1.54) is 0 Å². The number of benzene rings is 2. The fourth-order valence-corrected chi connectivity index (χ4v) is 2.84. The number of nitrogens with zero attached hydrogens (tertiary/aromatic N) is 1. The van der Waals surface area contributed by atoms with E-state index in [4.69, 9.17) is 4.74 Å². The number of ether oxygens (including phenoxy) is 1. The number of H-pyrrole nitrogens is 1. The van der Waals surface area contributed by atoms with E-state index in [-0.39, 0.29) is 18.0 Å². The highest BCUT2D eigenvalue weighted by molar-refractivity contribution is 5.89. The summed E-state index contributed by atoms with van der Waals surface area (Å²) in [5.74, 6) is 1.69. The van der Waals surface area contributed by atoms with E-state index < -0.39 is 0 Å². The Bertz CT molecular complexity index is 857. The third kappa shape index (κ3) is 3.96. The number of carbonyl (C=O) groups excluding carboxylic acids is 1. The van der Waals surface area contributed by atoms with Gasteiger partial charge in [0.25, 0.3) is 0 Å². The van der Waals surface area contributed by atoms with Crippen molar-refractivity contribution in [3.05, 3.63) is 54.4 Å². The Labute approximate surface area is 153 Å². The minimum absolute atomic E-state index is 0.210. The van der Waals surface area contributed by atoms with Crippen LogP contribution in [0.15, 0.2) is 48.5 Å². The lowest BCUT2D eigenvalue weighted by Gasteiger charge is -2.22. The molecule has 0 saturated carbocycles. The Morgan fingerprint density at radius 3 is 2.77 bits per heavy atom. The number of rotatable bonds is 6. The normalized spacial score (nSPS) is 13.2. The molecule has 0 aliphatic rings. The minimum Gasteiger partial charge on any atom is -0.497 e. The maximum absolute atomic E-state index is 12.5. The zero-order chi connectivity index (χ0) is 18.5. The van der Waals surface area contributed by atoms with E-state index >= 15 is 0 Å². The molecule has 2 atom stereocenters. The highest BCUT2D eigenvalue weighted by atomic mass is 16.5. The van der Waals surface area contributed by atoms with Crippen LogP contribution in [-0.2, 0) is 0 Å². The number of methoxy groups -OCH3 is 1. The molecule has 0 saturated heterocycles. The summed E-state index contributed by atoms with van der Waals surface area (Å²) in [4.78, 5) is 20.5. The predicted octanol–water partition coefficient (Wildman–Crippen LogP) is 4.48. The molecule has 6 heteroatoms. The van der Waals surface area contributed by atoms with Crippen LogP contribution in [0.3, 0.4) is 0 Å². The number of imidazole rings is 1. The molecule has 1 aromatic heterocycles. The molecule has 0 aliphatic heterocycles. The number of amides is 2. The van der Waals surface area contributed by atoms with Crippen LogP contribution in [0.5, 0.6) is 5.75 Å². The molecular weight excluding hydrogens is 328 g/mol. The third-order valence-corrected chi connectivity index (χ3v) is 4.53. The summed E-state index contributed by atoms with van der Waals surface area (Å²) in [6, 6.07) is 14.6. The van der Waals surface area contributed by atoms with Gasteiger partial charge in [-0.2, -0.15) is 0 Å². The van der Waals surface area contributed by atoms with Crippen LogP contribution in [0.2, 0.25) is 0 Å². The maximum atomic E-state index is 12.5. The quantitative estimate of drug-likeness (QED) is 0.612. The van der Waals surface area contributed by atoms with Gasteiger partial charge in [-0.05, 0) is 30.2 Å². The van der Waals surface area contributed by atoms with Crippen molar-refractivity contribution >= 4 is 22.8 Å². The summed E-state index contributed by atoms with van der Waals surface area (Å²) >= 11 is 0. The average molecular weight is 352 g/mol. The number of hydrogen-bond acceptors (Lipinski definition) is 3. The van der Waals surface area contributed by atoms with Gasteiger partial charge in [0.15, 0.2) is 0 Å². The molecule has 0 bridgehead atoms. The summed E-state index contributed by atoms with van der Waals surface area (Å²) < 4.78 is 5.19. The van der Waals surface area contributed by atoms with Gasteiger partial charge in [0.05, 0.1) is 24.2 Å². The van der Waals surface area contributed by atoms with Crippen molar-refractivity contribution in [1.82, 2.24) is 15.3 Å². The van der Waals surface area contributed by atoms with Crippen LogP contribution in [-0.4, -0.2) is 23.1 Å². The molecule has 3 N–H and O–H groups in total. The molecule has 3 rings (SSSR count). The molecule has 0 spiro atoms. The molecule has 0 aliphatic carbocycles. The van der Waals surface area contributed by atoms with Crippen molar-refractivity contribution in [2.45, 2.75) is 26.3 Å². The van der Waals surface area contributed by atoms with Gasteiger partial charge < -0.3 is 20.4 Å². The van der Waals surface area contributed by atoms with Gasteiger partial charge >= 0.3 is 6.03 Å². The zero-order valence-electron chi connectivity index (χ0n) is 15.2. The number of para-hydroxylation sites is 2. The first-order valence-corrected chi connectivity index (χ1v) is 8.77. The number of urea groups is 1. The molecule has 136 valence electrons. The lowest BCUT2D eigenvalue weighted by atomic mass is 9.99. The second kappa shape index (κ2) is 7.91. The van der Waals surface area contributed by atoms with Crippen molar-refractivity contribution in [2.75, 3.05) is 12.4 Å². The molecule has 0 radical (unpaired) electrons. The van der Waals surface area contributed by atoms with Crippen LogP contribution in [0.25, 0.3) is 11.0 Å². The van der Waals surface area contributed by atoms with Crippen molar-refractivity contribution in [1.29, 1.82) is 0 Å². The Balaban J connectivity index is 1.78. The average Bonchev–Trinajstić information content (AvgIpc) is 3.09. The number of aromatic nitrogens is 2. The lowest BCUT2D eigenvalue weighted by molar-refractivity contribution is 0.242. The van der Waals surface area contributed by atoms with Crippen molar-refractivity contribution in [3.8, 4) is 5.75 Å². The van der Waals surface area contributed by atoms with E-state index in [1.807, 2.05) is 42.5 Å². The molecule has 2 amide bonds. The number of hydrogen-bond donors (Lipinski definition) is 3. The van der Waals surface area contributed by atoms with E-state index in [0.29, 0.717) is 11.4 Å². The highest BCUT2D eigenvalue weighted by Crippen LogP contribution is 2.25. The minimum atomic E-state index is -0.274. The second-order valence-electron chi connectivity index (χ2n) is 6.33. The van der Waals surface area contributed by atoms with Gasteiger partial charge in [-0.15, -0.1) is 0 Å². The van der Waals surface area contributed by atoms with Crippen LogP contribution >= 0.6 is 0 Å². The van der Waals surface area contributed by atoms with Gasteiger partial charge in [-0.1, -0.05) is 38.5 Å². The maximum Gasteiger partial charge on any atom is 0.319 e. The van der Waals surface area contributed by atoms with Crippen molar-refractivity contribution < 1.29 is 9.53 Å². The molecule has 0 unspecified atom stereocenters. The zero-order valence-corrected chi connectivity index (χ0v) is 15.2. The monoisotopic (exact) mass is 352 g/mol. The van der Waals surface area contributed by atoms with Gasteiger partial charge in [0.1, 0.15) is 11.6 Å². The van der Waals surface area contributed by atoms with Gasteiger partial charge in [-0.3, -0.25) is 0 Å². The number of nitrogens with one attached hydrogen (secondary N) is 3. The number of anilines is 1. The van der Waals surface area contributed by atoms with Gasteiger partial charge in [0.2, 0.25) is 0 Å². The van der Waals surface area contributed by atoms with Gasteiger partial charge in [-0.25, -0.2) is 9.78 Å². The van der Waals surface area contributed by atoms with E-state index in [9.17, 15) is 4.79 Å². The molecule has 2 aromatic carbocycles.